The van der Waals surface area contributed by atoms with Crippen LogP contribution in [0.1, 0.15) is 19.4 Å². The Kier molecular flexibility index (Phi) is 6.16. The van der Waals surface area contributed by atoms with E-state index in [0.717, 1.165) is 10.6 Å². The smallest absolute Gasteiger partial charge is 0.177 e. The van der Waals surface area contributed by atoms with Gasteiger partial charge in [0.25, 0.3) is 0 Å². The van der Waals surface area contributed by atoms with Gasteiger partial charge in [-0.3, -0.25) is 0 Å². The molecule has 0 amide bonds. The maximum absolute atomic E-state index is 5.89. The molecule has 0 aliphatic heterocycles. The van der Waals surface area contributed by atoms with E-state index in [1.807, 2.05) is 50.3 Å². The summed E-state index contributed by atoms with van der Waals surface area (Å²) in [5.74, 6) is 0. The molecule has 0 aliphatic rings. The Hall–Kier alpha value is -0.830. The van der Waals surface area contributed by atoms with Crippen LogP contribution >= 0.6 is 11.6 Å². The van der Waals surface area contributed by atoms with E-state index in [9.17, 15) is 0 Å². The first kappa shape index (κ1) is 13.2. The van der Waals surface area contributed by atoms with E-state index >= 15 is 0 Å². The van der Waals surface area contributed by atoms with Crippen LogP contribution in [0.3, 0.4) is 0 Å². The maximum Gasteiger partial charge on any atom is 0.177 e. The first-order valence-electron chi connectivity index (χ1n) is 5.43. The van der Waals surface area contributed by atoms with Gasteiger partial charge in [-0.15, -0.1) is 0 Å². The summed E-state index contributed by atoms with van der Waals surface area (Å²) in [4.78, 5) is 0. The lowest BCUT2D eigenvalue weighted by Gasteiger charge is -2.12. The largest absolute Gasteiger partial charge is 0.349 e. The van der Waals surface area contributed by atoms with Crippen molar-refractivity contribution in [1.82, 2.24) is 0 Å². The Bertz CT molecular complexity index is 330. The quantitative estimate of drug-likeness (QED) is 0.705. The first-order chi connectivity index (χ1) is 7.76. The summed E-state index contributed by atoms with van der Waals surface area (Å²) in [6.45, 7) is 5.15. The lowest BCUT2D eigenvalue weighted by atomic mass is 10.2. The molecule has 1 aromatic rings. The summed E-state index contributed by atoms with van der Waals surface area (Å²) in [7, 11) is 0. The van der Waals surface area contributed by atoms with Crippen LogP contribution in [-0.2, 0) is 9.47 Å². The second-order valence-corrected chi connectivity index (χ2v) is 3.63. The van der Waals surface area contributed by atoms with Crippen molar-refractivity contribution in [3.8, 4) is 0 Å². The van der Waals surface area contributed by atoms with Gasteiger partial charge in [0.15, 0.2) is 6.29 Å². The molecule has 0 heterocycles. The van der Waals surface area contributed by atoms with Crippen molar-refractivity contribution in [2.45, 2.75) is 20.1 Å². The number of ether oxygens (including phenoxy) is 2. The molecule has 0 aliphatic carbocycles. The van der Waals surface area contributed by atoms with Gasteiger partial charge in [0.1, 0.15) is 0 Å². The third-order valence-electron chi connectivity index (χ3n) is 1.96. The predicted molar refractivity (Wildman–Crippen MR) is 67.5 cm³/mol. The van der Waals surface area contributed by atoms with E-state index in [4.69, 9.17) is 21.1 Å². The molecule has 0 N–H and O–H groups in total. The summed E-state index contributed by atoms with van der Waals surface area (Å²) < 4.78 is 10.8. The van der Waals surface area contributed by atoms with E-state index in [1.165, 1.54) is 0 Å². The fourth-order valence-electron chi connectivity index (χ4n) is 1.29. The standard InChI is InChI=1S/C13H17ClO2/c1-3-15-13(16-4-2)9-8-11-6-5-7-12(14)10-11/h5-10,13H,3-4H2,1-2H3. The average Bonchev–Trinajstić information content (AvgIpc) is 2.27. The Balaban J connectivity index is 2.62. The summed E-state index contributed by atoms with van der Waals surface area (Å²) in [5.41, 5.74) is 1.04. The molecule has 0 aromatic heterocycles. The van der Waals surface area contributed by atoms with Crippen LogP contribution in [0.5, 0.6) is 0 Å². The summed E-state index contributed by atoms with van der Waals surface area (Å²) in [6.07, 6.45) is 3.55. The number of rotatable bonds is 6. The van der Waals surface area contributed by atoms with Gasteiger partial charge in [-0.25, -0.2) is 0 Å². The van der Waals surface area contributed by atoms with Crippen LogP contribution in [-0.4, -0.2) is 19.5 Å². The summed E-state index contributed by atoms with van der Waals surface area (Å²) in [5, 5.41) is 0.728. The van der Waals surface area contributed by atoms with Crippen molar-refractivity contribution in [3.63, 3.8) is 0 Å². The highest BCUT2D eigenvalue weighted by atomic mass is 35.5. The van der Waals surface area contributed by atoms with Crippen LogP contribution in [0.25, 0.3) is 6.08 Å². The van der Waals surface area contributed by atoms with Crippen LogP contribution in [0.15, 0.2) is 30.3 Å². The van der Waals surface area contributed by atoms with Crippen molar-refractivity contribution in [2.24, 2.45) is 0 Å². The van der Waals surface area contributed by atoms with Gasteiger partial charge in [0, 0.05) is 18.2 Å². The molecule has 88 valence electrons. The zero-order valence-electron chi connectivity index (χ0n) is 9.65. The summed E-state index contributed by atoms with van der Waals surface area (Å²) in [6, 6.07) is 7.64. The highest BCUT2D eigenvalue weighted by Crippen LogP contribution is 2.12. The van der Waals surface area contributed by atoms with E-state index in [1.54, 1.807) is 0 Å². The molecular formula is C13H17ClO2. The molecule has 0 fully saturated rings. The van der Waals surface area contributed by atoms with Gasteiger partial charge in [-0.1, -0.05) is 29.8 Å². The molecule has 0 bridgehead atoms. The maximum atomic E-state index is 5.89. The molecule has 1 rings (SSSR count). The lowest BCUT2D eigenvalue weighted by molar-refractivity contribution is -0.103. The molecule has 0 atom stereocenters. The Morgan fingerprint density at radius 3 is 2.50 bits per heavy atom. The van der Waals surface area contributed by atoms with Crippen LogP contribution in [0.4, 0.5) is 0 Å². The molecule has 3 heteroatoms. The highest BCUT2D eigenvalue weighted by Gasteiger charge is 2.01. The minimum absolute atomic E-state index is 0.283. The second-order valence-electron chi connectivity index (χ2n) is 3.19. The van der Waals surface area contributed by atoms with Crippen LogP contribution < -0.4 is 0 Å². The number of benzene rings is 1. The summed E-state index contributed by atoms with van der Waals surface area (Å²) >= 11 is 5.89. The number of halogens is 1. The molecule has 2 nitrogen and oxygen atoms in total. The van der Waals surface area contributed by atoms with Crippen molar-refractivity contribution in [3.05, 3.63) is 40.9 Å². The molecule has 0 spiro atoms. The van der Waals surface area contributed by atoms with Crippen molar-refractivity contribution in [1.29, 1.82) is 0 Å². The molecule has 0 saturated carbocycles. The van der Waals surface area contributed by atoms with Gasteiger partial charge < -0.3 is 9.47 Å². The Labute approximate surface area is 102 Å². The molecule has 0 unspecified atom stereocenters. The van der Waals surface area contributed by atoms with E-state index in [0.29, 0.717) is 13.2 Å². The molecule has 1 aromatic carbocycles. The van der Waals surface area contributed by atoms with Gasteiger partial charge >= 0.3 is 0 Å². The minimum Gasteiger partial charge on any atom is -0.349 e. The SMILES string of the molecule is CCOC(C=Cc1cccc(Cl)c1)OCC. The minimum atomic E-state index is -0.283. The van der Waals surface area contributed by atoms with Gasteiger partial charge in [-0.2, -0.15) is 0 Å². The van der Waals surface area contributed by atoms with Gasteiger partial charge in [0.2, 0.25) is 0 Å². The van der Waals surface area contributed by atoms with E-state index < -0.39 is 0 Å². The van der Waals surface area contributed by atoms with Crippen molar-refractivity contribution in [2.75, 3.05) is 13.2 Å². The van der Waals surface area contributed by atoms with Crippen molar-refractivity contribution < 1.29 is 9.47 Å². The molecule has 16 heavy (non-hydrogen) atoms. The Morgan fingerprint density at radius 1 is 1.25 bits per heavy atom. The zero-order valence-corrected chi connectivity index (χ0v) is 10.4. The van der Waals surface area contributed by atoms with E-state index in [-0.39, 0.29) is 6.29 Å². The fraction of sp³-hybridized carbons (Fsp3) is 0.385. The first-order valence-corrected chi connectivity index (χ1v) is 5.81. The Morgan fingerprint density at radius 2 is 1.94 bits per heavy atom. The molecule has 0 radical (unpaired) electrons. The number of hydrogen-bond donors (Lipinski definition) is 0. The van der Waals surface area contributed by atoms with Gasteiger partial charge in [0.05, 0.1) is 0 Å². The van der Waals surface area contributed by atoms with Crippen LogP contribution in [0.2, 0.25) is 5.02 Å². The lowest BCUT2D eigenvalue weighted by Crippen LogP contribution is -2.13. The third kappa shape index (κ3) is 4.79. The topological polar surface area (TPSA) is 18.5 Å². The number of hydrogen-bond acceptors (Lipinski definition) is 2. The van der Waals surface area contributed by atoms with E-state index in [2.05, 4.69) is 0 Å². The molecular weight excluding hydrogens is 224 g/mol. The monoisotopic (exact) mass is 240 g/mol. The average molecular weight is 241 g/mol. The third-order valence-corrected chi connectivity index (χ3v) is 2.19. The normalized spacial score (nSPS) is 11.5. The molecule has 0 saturated heterocycles. The van der Waals surface area contributed by atoms with Crippen molar-refractivity contribution >= 4 is 17.7 Å². The zero-order chi connectivity index (χ0) is 11.8. The second kappa shape index (κ2) is 7.44. The fourth-order valence-corrected chi connectivity index (χ4v) is 1.49. The van der Waals surface area contributed by atoms with Crippen LogP contribution in [0, 0.1) is 0 Å². The highest BCUT2D eigenvalue weighted by molar-refractivity contribution is 6.30. The van der Waals surface area contributed by atoms with Gasteiger partial charge in [-0.05, 0) is 37.6 Å². The predicted octanol–water partition coefficient (Wildman–Crippen LogP) is 3.75.